The zero-order valence-corrected chi connectivity index (χ0v) is 18.1. The summed E-state index contributed by atoms with van der Waals surface area (Å²) < 4.78 is 8.59. The fourth-order valence-corrected chi connectivity index (χ4v) is 5.01. The molecular formula is C30H20N2O. The van der Waals surface area contributed by atoms with Crippen molar-refractivity contribution in [2.45, 2.75) is 0 Å². The molecule has 0 unspecified atom stereocenters. The summed E-state index contributed by atoms with van der Waals surface area (Å²) in [5, 5.41) is 4.68. The number of aromatic nitrogens is 2. The highest BCUT2D eigenvalue weighted by Crippen LogP contribution is 2.41. The van der Waals surface area contributed by atoms with Gasteiger partial charge in [-0.2, -0.15) is 0 Å². The first-order valence-corrected chi connectivity index (χ1v) is 11.1. The number of rotatable bonds is 2. The third-order valence-corrected chi connectivity index (χ3v) is 6.59. The van der Waals surface area contributed by atoms with Crippen molar-refractivity contribution in [2.24, 2.45) is 7.05 Å². The minimum absolute atomic E-state index is 0.911. The molecule has 0 bridgehead atoms. The highest BCUT2D eigenvalue weighted by molar-refractivity contribution is 6.18. The maximum atomic E-state index is 6.43. The van der Waals surface area contributed by atoms with Crippen LogP contribution < -0.4 is 0 Å². The number of benzene rings is 5. The SMILES string of the molecule is Cn1c(-c2ccccc2)nc2cc(-c3c4ccccc4cc4c3oc3ccccc34)ccc21. The summed E-state index contributed by atoms with van der Waals surface area (Å²) in [4.78, 5) is 5.00. The predicted molar refractivity (Wildman–Crippen MR) is 136 cm³/mol. The van der Waals surface area contributed by atoms with Gasteiger partial charge in [0.05, 0.1) is 11.0 Å². The molecule has 0 atom stereocenters. The summed E-state index contributed by atoms with van der Waals surface area (Å²) in [5.41, 5.74) is 7.27. The van der Waals surface area contributed by atoms with Crippen molar-refractivity contribution in [2.75, 3.05) is 0 Å². The third-order valence-electron chi connectivity index (χ3n) is 6.59. The van der Waals surface area contributed by atoms with Crippen LogP contribution in [-0.2, 0) is 7.05 Å². The minimum Gasteiger partial charge on any atom is -0.455 e. The standard InChI is InChI=1S/C30H20N2O/c1-32-26-16-15-21(18-25(26)31-30(32)19-9-3-2-4-10-19)28-22-12-6-5-11-20(22)17-24-23-13-7-8-14-27(23)33-29(24)28/h2-18H,1H3. The molecule has 0 N–H and O–H groups in total. The summed E-state index contributed by atoms with van der Waals surface area (Å²) in [5.74, 6) is 0.967. The molecule has 0 fully saturated rings. The van der Waals surface area contributed by atoms with Gasteiger partial charge in [-0.05, 0) is 40.6 Å². The summed E-state index contributed by atoms with van der Waals surface area (Å²) in [7, 11) is 2.08. The Bertz CT molecular complexity index is 1820. The van der Waals surface area contributed by atoms with E-state index < -0.39 is 0 Å². The van der Waals surface area contributed by atoms with Crippen molar-refractivity contribution in [3.63, 3.8) is 0 Å². The van der Waals surface area contributed by atoms with Crippen molar-refractivity contribution >= 4 is 43.7 Å². The van der Waals surface area contributed by atoms with Crippen LogP contribution in [0.25, 0.3) is 66.3 Å². The smallest absolute Gasteiger partial charge is 0.143 e. The van der Waals surface area contributed by atoms with Crippen LogP contribution in [0.4, 0.5) is 0 Å². The number of nitrogens with zero attached hydrogens (tertiary/aromatic N) is 2. The van der Waals surface area contributed by atoms with Gasteiger partial charge in [-0.25, -0.2) is 4.98 Å². The molecule has 2 heterocycles. The Kier molecular flexibility index (Phi) is 3.76. The lowest BCUT2D eigenvalue weighted by atomic mass is 9.95. The van der Waals surface area contributed by atoms with Crippen LogP contribution in [0.15, 0.2) is 108 Å². The van der Waals surface area contributed by atoms with Gasteiger partial charge >= 0.3 is 0 Å². The maximum Gasteiger partial charge on any atom is 0.143 e. The minimum atomic E-state index is 0.911. The zero-order chi connectivity index (χ0) is 21.9. The van der Waals surface area contributed by atoms with Gasteiger partial charge in [0.25, 0.3) is 0 Å². The van der Waals surface area contributed by atoms with Gasteiger partial charge in [0.15, 0.2) is 0 Å². The normalized spacial score (nSPS) is 11.8. The monoisotopic (exact) mass is 424 g/mol. The molecule has 5 aromatic carbocycles. The number of fused-ring (bicyclic) bond motifs is 5. The molecule has 33 heavy (non-hydrogen) atoms. The van der Waals surface area contributed by atoms with E-state index in [-0.39, 0.29) is 0 Å². The van der Waals surface area contributed by atoms with Gasteiger partial charge in [-0.1, -0.05) is 78.9 Å². The summed E-state index contributed by atoms with van der Waals surface area (Å²) >= 11 is 0. The second-order valence-corrected chi connectivity index (χ2v) is 8.51. The quantitative estimate of drug-likeness (QED) is 0.282. The number of para-hydroxylation sites is 1. The Morgan fingerprint density at radius 3 is 2.30 bits per heavy atom. The van der Waals surface area contributed by atoms with Crippen LogP contribution in [0, 0.1) is 0 Å². The molecule has 0 saturated carbocycles. The Morgan fingerprint density at radius 1 is 0.667 bits per heavy atom. The molecule has 0 aliphatic rings. The summed E-state index contributed by atoms with van der Waals surface area (Å²) in [6.07, 6.45) is 0. The molecule has 156 valence electrons. The molecule has 0 aliphatic carbocycles. The first-order valence-electron chi connectivity index (χ1n) is 11.1. The van der Waals surface area contributed by atoms with Gasteiger partial charge in [-0.15, -0.1) is 0 Å². The number of imidazole rings is 1. The van der Waals surface area contributed by atoms with E-state index in [0.29, 0.717) is 0 Å². The van der Waals surface area contributed by atoms with E-state index in [1.807, 2.05) is 18.2 Å². The molecule has 2 aromatic heterocycles. The van der Waals surface area contributed by atoms with Crippen molar-refractivity contribution in [3.8, 4) is 22.5 Å². The average molecular weight is 425 g/mol. The lowest BCUT2D eigenvalue weighted by Gasteiger charge is -2.09. The number of furan rings is 1. The topological polar surface area (TPSA) is 31.0 Å². The van der Waals surface area contributed by atoms with Crippen LogP contribution >= 0.6 is 0 Å². The molecule has 0 spiro atoms. The molecular weight excluding hydrogens is 404 g/mol. The summed E-state index contributed by atoms with van der Waals surface area (Å²) in [6.45, 7) is 0. The van der Waals surface area contributed by atoms with Crippen LogP contribution in [0.5, 0.6) is 0 Å². The van der Waals surface area contributed by atoms with E-state index in [0.717, 1.165) is 55.5 Å². The van der Waals surface area contributed by atoms with E-state index in [1.165, 1.54) is 10.8 Å². The van der Waals surface area contributed by atoms with Crippen LogP contribution in [0.3, 0.4) is 0 Å². The Hall–Kier alpha value is -4.37. The molecule has 3 heteroatoms. The van der Waals surface area contributed by atoms with E-state index >= 15 is 0 Å². The van der Waals surface area contributed by atoms with Gasteiger partial charge in [0.1, 0.15) is 17.0 Å². The maximum absolute atomic E-state index is 6.43. The Morgan fingerprint density at radius 2 is 1.42 bits per heavy atom. The molecule has 7 rings (SSSR count). The highest BCUT2D eigenvalue weighted by atomic mass is 16.3. The molecule has 0 aliphatic heterocycles. The van der Waals surface area contributed by atoms with E-state index in [4.69, 9.17) is 9.40 Å². The van der Waals surface area contributed by atoms with Gasteiger partial charge in [0.2, 0.25) is 0 Å². The largest absolute Gasteiger partial charge is 0.455 e. The molecule has 0 saturated heterocycles. The Balaban J connectivity index is 1.55. The van der Waals surface area contributed by atoms with E-state index in [1.54, 1.807) is 0 Å². The second-order valence-electron chi connectivity index (χ2n) is 8.51. The van der Waals surface area contributed by atoms with Gasteiger partial charge in [0, 0.05) is 28.9 Å². The number of hydrogen-bond donors (Lipinski definition) is 0. The molecule has 3 nitrogen and oxygen atoms in total. The zero-order valence-electron chi connectivity index (χ0n) is 18.1. The molecule has 0 radical (unpaired) electrons. The van der Waals surface area contributed by atoms with Crippen molar-refractivity contribution in [3.05, 3.63) is 103 Å². The second kappa shape index (κ2) is 6.81. The third kappa shape index (κ3) is 2.66. The van der Waals surface area contributed by atoms with Crippen molar-refractivity contribution in [1.82, 2.24) is 9.55 Å². The van der Waals surface area contributed by atoms with Gasteiger partial charge < -0.3 is 8.98 Å². The van der Waals surface area contributed by atoms with E-state index in [9.17, 15) is 0 Å². The van der Waals surface area contributed by atoms with Crippen LogP contribution in [0.2, 0.25) is 0 Å². The first kappa shape index (κ1) is 18.2. The van der Waals surface area contributed by atoms with Crippen molar-refractivity contribution < 1.29 is 4.42 Å². The molecule has 0 amide bonds. The Labute approximate surface area is 190 Å². The number of hydrogen-bond acceptors (Lipinski definition) is 2. The van der Waals surface area contributed by atoms with Gasteiger partial charge in [-0.3, -0.25) is 0 Å². The highest BCUT2D eigenvalue weighted by Gasteiger charge is 2.18. The fraction of sp³-hybridized carbons (Fsp3) is 0.0333. The lowest BCUT2D eigenvalue weighted by molar-refractivity contribution is 0.670. The number of aryl methyl sites for hydroxylation is 1. The average Bonchev–Trinajstić information content (AvgIpc) is 3.40. The summed E-state index contributed by atoms with van der Waals surface area (Å²) in [6, 6.07) is 35.9. The van der Waals surface area contributed by atoms with E-state index in [2.05, 4.69) is 96.5 Å². The fourth-order valence-electron chi connectivity index (χ4n) is 5.01. The molecule has 7 aromatic rings. The van der Waals surface area contributed by atoms with Crippen LogP contribution in [-0.4, -0.2) is 9.55 Å². The lowest BCUT2D eigenvalue weighted by Crippen LogP contribution is -1.91. The van der Waals surface area contributed by atoms with Crippen molar-refractivity contribution in [1.29, 1.82) is 0 Å². The predicted octanol–water partition coefficient (Wildman–Crippen LogP) is 7.96. The van der Waals surface area contributed by atoms with Crippen LogP contribution in [0.1, 0.15) is 0 Å². The first-order chi connectivity index (χ1) is 16.3.